The van der Waals surface area contributed by atoms with E-state index in [1.54, 1.807) is 18.2 Å². The van der Waals surface area contributed by atoms with Gasteiger partial charge in [-0.2, -0.15) is 0 Å². The van der Waals surface area contributed by atoms with Crippen LogP contribution in [0.25, 0.3) is 0 Å². The highest BCUT2D eigenvalue weighted by molar-refractivity contribution is 5.86. The van der Waals surface area contributed by atoms with Gasteiger partial charge in [0.25, 0.3) is 0 Å². The van der Waals surface area contributed by atoms with Crippen LogP contribution in [0.2, 0.25) is 0 Å². The maximum atomic E-state index is 12.1. The molecule has 23 heavy (non-hydrogen) atoms. The molecule has 1 atom stereocenters. The van der Waals surface area contributed by atoms with Crippen molar-refractivity contribution in [3.8, 4) is 5.75 Å². The van der Waals surface area contributed by atoms with Crippen LogP contribution in [0.3, 0.4) is 0 Å². The Morgan fingerprint density at radius 3 is 2.61 bits per heavy atom. The second kappa shape index (κ2) is 7.21. The molecule has 5 heteroatoms. The molecule has 1 aliphatic rings. The second-order valence-corrected chi connectivity index (χ2v) is 7.27. The van der Waals surface area contributed by atoms with Gasteiger partial charge in [0.05, 0.1) is 0 Å². The van der Waals surface area contributed by atoms with E-state index in [-0.39, 0.29) is 11.7 Å². The number of aromatic hydroxyl groups is 1. The molecule has 1 amide bonds. The van der Waals surface area contributed by atoms with Gasteiger partial charge in [-0.25, -0.2) is 4.79 Å². The molecule has 5 nitrogen and oxygen atoms in total. The number of anilines is 1. The summed E-state index contributed by atoms with van der Waals surface area (Å²) in [6.45, 7) is 9.70. The van der Waals surface area contributed by atoms with E-state index < -0.39 is 11.7 Å². The monoisotopic (exact) mass is 320 g/mol. The lowest BCUT2D eigenvalue weighted by Crippen LogP contribution is -2.31. The third-order valence-corrected chi connectivity index (χ3v) is 4.25. The number of piperidine rings is 1. The van der Waals surface area contributed by atoms with Crippen molar-refractivity contribution in [1.29, 1.82) is 0 Å². The van der Waals surface area contributed by atoms with Crippen LogP contribution in [0.1, 0.15) is 52.0 Å². The van der Waals surface area contributed by atoms with E-state index >= 15 is 0 Å². The molecule has 0 aromatic heterocycles. The molecule has 0 saturated carbocycles. The Morgan fingerprint density at radius 1 is 1.35 bits per heavy atom. The predicted molar refractivity (Wildman–Crippen MR) is 92.0 cm³/mol. The number of benzene rings is 1. The van der Waals surface area contributed by atoms with Crippen molar-refractivity contribution in [1.82, 2.24) is 5.32 Å². The Bertz CT molecular complexity index is 546. The largest absolute Gasteiger partial charge is 0.508 e. The van der Waals surface area contributed by atoms with Crippen molar-refractivity contribution >= 4 is 11.8 Å². The molecule has 3 N–H and O–H groups in total. The number of carbonyl (C=O) groups excluding carboxylic acids is 1. The maximum Gasteiger partial charge on any atom is 0.412 e. The molecule has 1 aromatic rings. The van der Waals surface area contributed by atoms with E-state index in [1.807, 2.05) is 20.8 Å². The lowest BCUT2D eigenvalue weighted by atomic mass is 9.81. The molecule has 0 bridgehead atoms. The summed E-state index contributed by atoms with van der Waals surface area (Å²) in [6.07, 6.45) is 1.73. The van der Waals surface area contributed by atoms with Crippen LogP contribution in [0.15, 0.2) is 18.2 Å². The number of phenols is 1. The fraction of sp³-hybridized carbons (Fsp3) is 0.611. The molecule has 128 valence electrons. The van der Waals surface area contributed by atoms with E-state index in [9.17, 15) is 9.90 Å². The summed E-state index contributed by atoms with van der Waals surface area (Å²) >= 11 is 0. The normalized spacial score (nSPS) is 17.6. The summed E-state index contributed by atoms with van der Waals surface area (Å²) in [5.41, 5.74) is 1.13. The molecule has 1 aliphatic heterocycles. The summed E-state index contributed by atoms with van der Waals surface area (Å²) < 4.78 is 5.33. The van der Waals surface area contributed by atoms with E-state index in [0.29, 0.717) is 11.6 Å². The van der Waals surface area contributed by atoms with Crippen LogP contribution in [0, 0.1) is 5.92 Å². The number of rotatable bonds is 3. The van der Waals surface area contributed by atoms with Gasteiger partial charge in [-0.05, 0) is 82.3 Å². The van der Waals surface area contributed by atoms with Crippen molar-refractivity contribution in [2.24, 2.45) is 5.92 Å². The van der Waals surface area contributed by atoms with Gasteiger partial charge in [0.2, 0.25) is 0 Å². The minimum absolute atomic E-state index is 0.218. The molecular weight excluding hydrogens is 292 g/mol. The lowest BCUT2D eigenvalue weighted by molar-refractivity contribution is 0.0635. The number of hydrogen-bond donors (Lipinski definition) is 3. The Hall–Kier alpha value is -1.75. The van der Waals surface area contributed by atoms with Crippen LogP contribution >= 0.6 is 0 Å². The quantitative estimate of drug-likeness (QED) is 0.740. The van der Waals surface area contributed by atoms with Gasteiger partial charge in [-0.1, -0.05) is 6.92 Å². The summed E-state index contributed by atoms with van der Waals surface area (Å²) in [4.78, 5) is 12.1. The van der Waals surface area contributed by atoms with Crippen LogP contribution in [-0.2, 0) is 4.74 Å². The fourth-order valence-corrected chi connectivity index (χ4v) is 3.05. The number of hydrogen-bond acceptors (Lipinski definition) is 4. The second-order valence-electron chi connectivity index (χ2n) is 7.27. The number of amides is 1. The molecule has 2 rings (SSSR count). The van der Waals surface area contributed by atoms with E-state index in [4.69, 9.17) is 4.74 Å². The molecule has 1 aromatic carbocycles. The van der Waals surface area contributed by atoms with Crippen LogP contribution in [0.4, 0.5) is 10.5 Å². The molecular formula is C18H28N2O3. The van der Waals surface area contributed by atoms with Crippen molar-refractivity contribution < 1.29 is 14.6 Å². The number of nitrogens with one attached hydrogen (secondary N) is 2. The van der Waals surface area contributed by atoms with Crippen LogP contribution in [-0.4, -0.2) is 29.9 Å². The van der Waals surface area contributed by atoms with Gasteiger partial charge < -0.3 is 15.2 Å². The van der Waals surface area contributed by atoms with Crippen molar-refractivity contribution in [2.75, 3.05) is 18.4 Å². The summed E-state index contributed by atoms with van der Waals surface area (Å²) in [6, 6.07) is 5.08. The van der Waals surface area contributed by atoms with Crippen molar-refractivity contribution in [3.05, 3.63) is 23.8 Å². The first-order valence-electron chi connectivity index (χ1n) is 8.30. The van der Waals surface area contributed by atoms with E-state index in [2.05, 4.69) is 17.6 Å². The summed E-state index contributed by atoms with van der Waals surface area (Å²) in [7, 11) is 0. The maximum absolute atomic E-state index is 12.1. The topological polar surface area (TPSA) is 70.6 Å². The van der Waals surface area contributed by atoms with Gasteiger partial charge in [0.15, 0.2) is 0 Å². The molecule has 1 saturated heterocycles. The van der Waals surface area contributed by atoms with Gasteiger partial charge >= 0.3 is 6.09 Å². The smallest absolute Gasteiger partial charge is 0.412 e. The number of carbonyl (C=O) groups is 1. The molecule has 0 aliphatic carbocycles. The fourth-order valence-electron chi connectivity index (χ4n) is 3.05. The summed E-state index contributed by atoms with van der Waals surface area (Å²) in [5.74, 6) is 1.02. The van der Waals surface area contributed by atoms with Gasteiger partial charge in [0, 0.05) is 5.69 Å². The number of ether oxygens (including phenoxy) is 1. The van der Waals surface area contributed by atoms with Crippen molar-refractivity contribution in [2.45, 2.75) is 52.1 Å². The zero-order valence-electron chi connectivity index (χ0n) is 14.5. The third-order valence-electron chi connectivity index (χ3n) is 4.25. The first-order valence-corrected chi connectivity index (χ1v) is 8.30. The average molecular weight is 320 g/mol. The SMILES string of the molecule is CC(c1cc(O)ccc1NC(=O)OC(C)(C)C)C1CCNCC1. The summed E-state index contributed by atoms with van der Waals surface area (Å²) in [5, 5.41) is 16.0. The predicted octanol–water partition coefficient (Wildman–Crippen LogP) is 3.84. The highest BCUT2D eigenvalue weighted by Crippen LogP contribution is 2.36. The Labute approximate surface area is 138 Å². The standard InChI is InChI=1S/C18H28N2O3/c1-12(13-7-9-19-10-8-13)15-11-14(21)5-6-16(15)20-17(22)23-18(2,3)4/h5-6,11-13,19,21H,7-10H2,1-4H3,(H,20,22). The Kier molecular flexibility index (Phi) is 5.52. The minimum Gasteiger partial charge on any atom is -0.508 e. The zero-order chi connectivity index (χ0) is 17.0. The minimum atomic E-state index is -0.540. The molecule has 1 heterocycles. The molecule has 1 fully saturated rings. The Morgan fingerprint density at radius 2 is 2.00 bits per heavy atom. The van der Waals surface area contributed by atoms with Crippen molar-refractivity contribution in [3.63, 3.8) is 0 Å². The first kappa shape index (κ1) is 17.6. The molecule has 0 spiro atoms. The molecule has 0 radical (unpaired) electrons. The van der Waals surface area contributed by atoms with E-state index in [0.717, 1.165) is 31.5 Å². The lowest BCUT2D eigenvalue weighted by Gasteiger charge is -2.30. The zero-order valence-corrected chi connectivity index (χ0v) is 14.5. The Balaban J connectivity index is 2.18. The van der Waals surface area contributed by atoms with Crippen LogP contribution in [0.5, 0.6) is 5.75 Å². The number of phenolic OH excluding ortho intramolecular Hbond substituents is 1. The van der Waals surface area contributed by atoms with Crippen LogP contribution < -0.4 is 10.6 Å². The first-order chi connectivity index (χ1) is 10.8. The van der Waals surface area contributed by atoms with Gasteiger partial charge in [-0.15, -0.1) is 0 Å². The highest BCUT2D eigenvalue weighted by atomic mass is 16.6. The average Bonchev–Trinajstić information content (AvgIpc) is 2.47. The van der Waals surface area contributed by atoms with E-state index in [1.165, 1.54) is 0 Å². The van der Waals surface area contributed by atoms with Gasteiger partial charge in [0.1, 0.15) is 11.4 Å². The highest BCUT2D eigenvalue weighted by Gasteiger charge is 2.25. The molecule has 1 unspecified atom stereocenters. The third kappa shape index (κ3) is 5.13. The van der Waals surface area contributed by atoms with Gasteiger partial charge in [-0.3, -0.25) is 5.32 Å².